The third-order valence-electron chi connectivity index (χ3n) is 4.11. The van der Waals surface area contributed by atoms with Gasteiger partial charge in [-0.15, -0.1) is 0 Å². The Hall–Kier alpha value is -1.95. The van der Waals surface area contributed by atoms with E-state index in [1.165, 1.54) is 14.0 Å². The Morgan fingerprint density at radius 1 is 1.29 bits per heavy atom. The molecule has 0 fully saturated rings. The van der Waals surface area contributed by atoms with Crippen molar-refractivity contribution in [3.63, 3.8) is 0 Å². The Balaban J connectivity index is 1.99. The fraction of sp³-hybridized carbons (Fsp3) is 0.533. The van der Waals surface area contributed by atoms with Crippen molar-refractivity contribution in [2.75, 3.05) is 12.4 Å². The van der Waals surface area contributed by atoms with E-state index >= 15 is 0 Å². The summed E-state index contributed by atoms with van der Waals surface area (Å²) in [4.78, 5) is 27.6. The SMILES string of the molecule is COC(=O)C1CCc2nc(NC(C)=O)c3c(c2C1)COC3. The molecule has 6 heteroatoms. The largest absolute Gasteiger partial charge is 0.469 e. The average molecular weight is 290 g/mol. The lowest BCUT2D eigenvalue weighted by atomic mass is 9.83. The van der Waals surface area contributed by atoms with Gasteiger partial charge in [-0.1, -0.05) is 0 Å². The van der Waals surface area contributed by atoms with Gasteiger partial charge in [-0.25, -0.2) is 4.98 Å². The zero-order valence-corrected chi connectivity index (χ0v) is 12.2. The average Bonchev–Trinajstić information content (AvgIpc) is 2.95. The van der Waals surface area contributed by atoms with Gasteiger partial charge < -0.3 is 14.8 Å². The molecular weight excluding hydrogens is 272 g/mol. The third-order valence-corrected chi connectivity index (χ3v) is 4.11. The van der Waals surface area contributed by atoms with E-state index < -0.39 is 0 Å². The molecule has 0 bridgehead atoms. The van der Waals surface area contributed by atoms with Gasteiger partial charge in [-0.2, -0.15) is 0 Å². The zero-order valence-electron chi connectivity index (χ0n) is 12.2. The van der Waals surface area contributed by atoms with Crippen LogP contribution in [-0.4, -0.2) is 24.0 Å². The molecule has 1 N–H and O–H groups in total. The van der Waals surface area contributed by atoms with Gasteiger partial charge in [0.1, 0.15) is 5.82 Å². The Labute approximate surface area is 122 Å². The predicted molar refractivity (Wildman–Crippen MR) is 74.6 cm³/mol. The van der Waals surface area contributed by atoms with E-state index in [2.05, 4.69) is 10.3 Å². The van der Waals surface area contributed by atoms with Crippen LogP contribution in [0.1, 0.15) is 35.7 Å². The first kappa shape index (κ1) is 14.0. The minimum atomic E-state index is -0.167. The molecule has 1 amide bonds. The molecule has 1 unspecified atom stereocenters. The van der Waals surface area contributed by atoms with Crippen molar-refractivity contribution in [3.05, 3.63) is 22.4 Å². The van der Waals surface area contributed by atoms with E-state index in [0.29, 0.717) is 25.5 Å². The van der Waals surface area contributed by atoms with Crippen molar-refractivity contribution in [1.29, 1.82) is 0 Å². The summed E-state index contributed by atoms with van der Waals surface area (Å²) in [6.07, 6.45) is 2.09. The predicted octanol–water partition coefficient (Wildman–Crippen LogP) is 1.35. The minimum Gasteiger partial charge on any atom is -0.469 e. The van der Waals surface area contributed by atoms with Crippen LogP contribution in [0.5, 0.6) is 0 Å². The van der Waals surface area contributed by atoms with Crippen LogP contribution in [0.4, 0.5) is 5.82 Å². The smallest absolute Gasteiger partial charge is 0.309 e. The summed E-state index contributed by atoms with van der Waals surface area (Å²) in [5, 5.41) is 2.78. The molecule has 0 aromatic carbocycles. The van der Waals surface area contributed by atoms with Gasteiger partial charge in [-0.3, -0.25) is 9.59 Å². The summed E-state index contributed by atoms with van der Waals surface area (Å²) < 4.78 is 10.4. The van der Waals surface area contributed by atoms with E-state index in [1.807, 2.05) is 0 Å². The number of carbonyl (C=O) groups excluding carboxylic acids is 2. The zero-order chi connectivity index (χ0) is 15.0. The lowest BCUT2D eigenvalue weighted by Crippen LogP contribution is -2.26. The van der Waals surface area contributed by atoms with Gasteiger partial charge in [0.2, 0.25) is 5.91 Å². The molecule has 1 aromatic heterocycles. The minimum absolute atomic E-state index is 0.111. The number of ether oxygens (including phenoxy) is 2. The second kappa shape index (κ2) is 5.44. The Morgan fingerprint density at radius 3 is 2.76 bits per heavy atom. The molecule has 6 nitrogen and oxygen atoms in total. The first-order valence-electron chi connectivity index (χ1n) is 7.06. The standard InChI is InChI=1S/C15H18N2O4/c1-8(18)16-14-12-7-21-6-11(12)10-5-9(15(19)20-2)3-4-13(10)17-14/h9H,3-7H2,1-2H3,(H,16,17,18). The second-order valence-corrected chi connectivity index (χ2v) is 5.48. The third kappa shape index (κ3) is 2.51. The van der Waals surface area contributed by atoms with Gasteiger partial charge >= 0.3 is 5.97 Å². The fourth-order valence-corrected chi connectivity index (χ4v) is 3.10. The number of pyridine rings is 1. The number of anilines is 1. The van der Waals surface area contributed by atoms with E-state index in [1.54, 1.807) is 0 Å². The van der Waals surface area contributed by atoms with E-state index in [0.717, 1.165) is 35.2 Å². The van der Waals surface area contributed by atoms with Crippen molar-refractivity contribution < 1.29 is 19.1 Å². The molecule has 21 heavy (non-hydrogen) atoms. The first-order valence-corrected chi connectivity index (χ1v) is 7.06. The number of carbonyl (C=O) groups is 2. The molecule has 2 heterocycles. The number of methoxy groups -OCH3 is 1. The molecule has 0 radical (unpaired) electrons. The van der Waals surface area contributed by atoms with Crippen LogP contribution in [-0.2, 0) is 45.1 Å². The molecule has 3 rings (SSSR count). The molecule has 112 valence electrons. The normalized spacial score (nSPS) is 19.6. The highest BCUT2D eigenvalue weighted by molar-refractivity contribution is 5.88. The number of amides is 1. The molecule has 0 saturated heterocycles. The Kier molecular flexibility index (Phi) is 3.63. The summed E-state index contributed by atoms with van der Waals surface area (Å²) >= 11 is 0. The number of hydrogen-bond donors (Lipinski definition) is 1. The van der Waals surface area contributed by atoms with Crippen LogP contribution in [0.25, 0.3) is 0 Å². The number of rotatable bonds is 2. The summed E-state index contributed by atoms with van der Waals surface area (Å²) in [7, 11) is 1.42. The molecular formula is C15H18N2O4. The van der Waals surface area contributed by atoms with Crippen LogP contribution in [0.15, 0.2) is 0 Å². The lowest BCUT2D eigenvalue weighted by Gasteiger charge is -2.25. The first-order chi connectivity index (χ1) is 10.1. The summed E-state index contributed by atoms with van der Waals surface area (Å²) in [5.74, 6) is 0.185. The van der Waals surface area contributed by atoms with Crippen molar-refractivity contribution in [3.8, 4) is 0 Å². The quantitative estimate of drug-likeness (QED) is 0.832. The van der Waals surface area contributed by atoms with Gasteiger partial charge in [-0.05, 0) is 30.4 Å². The van der Waals surface area contributed by atoms with Gasteiger partial charge in [0.25, 0.3) is 0 Å². The Morgan fingerprint density at radius 2 is 2.05 bits per heavy atom. The molecule has 1 aliphatic heterocycles. The van der Waals surface area contributed by atoms with Gasteiger partial charge in [0, 0.05) is 18.2 Å². The van der Waals surface area contributed by atoms with Crippen LogP contribution >= 0.6 is 0 Å². The van der Waals surface area contributed by atoms with E-state index in [4.69, 9.17) is 9.47 Å². The molecule has 0 saturated carbocycles. The van der Waals surface area contributed by atoms with Crippen LogP contribution < -0.4 is 5.32 Å². The fourth-order valence-electron chi connectivity index (χ4n) is 3.10. The molecule has 2 aliphatic rings. The number of nitrogens with zero attached hydrogens (tertiary/aromatic N) is 1. The molecule has 0 spiro atoms. The molecule has 1 aliphatic carbocycles. The Bertz CT molecular complexity index is 612. The van der Waals surface area contributed by atoms with Crippen LogP contribution in [0, 0.1) is 5.92 Å². The lowest BCUT2D eigenvalue weighted by molar-refractivity contribution is -0.145. The second-order valence-electron chi connectivity index (χ2n) is 5.48. The van der Waals surface area contributed by atoms with E-state index in [-0.39, 0.29) is 17.8 Å². The number of aromatic nitrogens is 1. The van der Waals surface area contributed by atoms with Crippen molar-refractivity contribution in [1.82, 2.24) is 4.98 Å². The topological polar surface area (TPSA) is 77.5 Å². The highest BCUT2D eigenvalue weighted by Gasteiger charge is 2.32. The number of nitrogens with one attached hydrogen (secondary N) is 1. The number of hydrogen-bond acceptors (Lipinski definition) is 5. The maximum atomic E-state index is 11.8. The van der Waals surface area contributed by atoms with Gasteiger partial charge in [0.15, 0.2) is 0 Å². The number of esters is 1. The number of fused-ring (bicyclic) bond motifs is 3. The highest BCUT2D eigenvalue weighted by atomic mass is 16.5. The summed E-state index contributed by atoms with van der Waals surface area (Å²) in [6.45, 7) is 2.44. The monoisotopic (exact) mass is 290 g/mol. The van der Waals surface area contributed by atoms with Crippen molar-refractivity contribution in [2.24, 2.45) is 5.92 Å². The summed E-state index contributed by atoms with van der Waals surface area (Å²) in [5.41, 5.74) is 4.08. The number of aryl methyl sites for hydroxylation is 1. The maximum Gasteiger partial charge on any atom is 0.309 e. The van der Waals surface area contributed by atoms with Crippen molar-refractivity contribution >= 4 is 17.7 Å². The molecule has 1 atom stereocenters. The molecule has 1 aromatic rings. The van der Waals surface area contributed by atoms with Gasteiger partial charge in [0.05, 0.1) is 26.2 Å². The van der Waals surface area contributed by atoms with E-state index in [9.17, 15) is 9.59 Å². The van der Waals surface area contributed by atoms with Crippen LogP contribution in [0.3, 0.4) is 0 Å². The maximum absolute atomic E-state index is 11.8. The van der Waals surface area contributed by atoms with Crippen molar-refractivity contribution in [2.45, 2.75) is 39.4 Å². The van der Waals surface area contributed by atoms with Crippen LogP contribution in [0.2, 0.25) is 0 Å². The summed E-state index contributed by atoms with van der Waals surface area (Å²) in [6, 6.07) is 0. The highest BCUT2D eigenvalue weighted by Crippen LogP contribution is 2.36.